The maximum Gasteiger partial charge on any atom is 0.191 e. The van der Waals surface area contributed by atoms with E-state index in [9.17, 15) is 0 Å². The highest BCUT2D eigenvalue weighted by Gasteiger charge is 2.17. The van der Waals surface area contributed by atoms with Crippen LogP contribution in [0.3, 0.4) is 0 Å². The molecule has 0 aliphatic carbocycles. The van der Waals surface area contributed by atoms with E-state index in [2.05, 4.69) is 64.9 Å². The minimum absolute atomic E-state index is 0. The van der Waals surface area contributed by atoms with Crippen molar-refractivity contribution >= 4 is 47.1 Å². The normalized spacial score (nSPS) is 17.2. The Labute approximate surface area is 188 Å². The van der Waals surface area contributed by atoms with Crippen molar-refractivity contribution in [1.29, 1.82) is 0 Å². The summed E-state index contributed by atoms with van der Waals surface area (Å²) in [6.45, 7) is 11.1. The summed E-state index contributed by atoms with van der Waals surface area (Å²) in [5, 5.41) is 8.84. The second kappa shape index (κ2) is 11.6. The fourth-order valence-electron chi connectivity index (χ4n) is 2.99. The third-order valence-electron chi connectivity index (χ3n) is 4.52. The van der Waals surface area contributed by atoms with Crippen LogP contribution in [0, 0.1) is 6.92 Å². The van der Waals surface area contributed by atoms with Crippen molar-refractivity contribution in [1.82, 2.24) is 15.6 Å². The lowest BCUT2D eigenvalue weighted by Gasteiger charge is -2.32. The molecule has 0 saturated carbocycles. The number of aromatic nitrogens is 1. The molecule has 8 heteroatoms. The second-order valence-corrected chi connectivity index (χ2v) is 7.73. The number of morpholine rings is 1. The molecule has 0 aromatic carbocycles. The first-order valence-electron chi connectivity index (χ1n) is 9.52. The molecule has 2 aromatic rings. The molecule has 0 bridgehead atoms. The number of ether oxygens (including phenoxy) is 1. The van der Waals surface area contributed by atoms with Gasteiger partial charge in [0.1, 0.15) is 5.82 Å². The Morgan fingerprint density at radius 2 is 2.21 bits per heavy atom. The number of guanidine groups is 1. The summed E-state index contributed by atoms with van der Waals surface area (Å²) >= 11 is 1.77. The average molecular weight is 515 g/mol. The molecule has 28 heavy (non-hydrogen) atoms. The van der Waals surface area contributed by atoms with Gasteiger partial charge in [-0.05, 0) is 49.4 Å². The molecular formula is C20H30IN5OS. The zero-order valence-corrected chi connectivity index (χ0v) is 19.9. The van der Waals surface area contributed by atoms with Gasteiger partial charge in [-0.25, -0.2) is 9.98 Å². The molecule has 0 radical (unpaired) electrons. The minimum atomic E-state index is 0. The summed E-state index contributed by atoms with van der Waals surface area (Å²) in [5.74, 6) is 1.84. The minimum Gasteiger partial charge on any atom is -0.375 e. The van der Waals surface area contributed by atoms with Gasteiger partial charge in [0.05, 0.1) is 25.8 Å². The van der Waals surface area contributed by atoms with Crippen molar-refractivity contribution in [3.63, 3.8) is 0 Å². The van der Waals surface area contributed by atoms with E-state index in [4.69, 9.17) is 9.73 Å². The van der Waals surface area contributed by atoms with Crippen LogP contribution >= 0.6 is 35.3 Å². The summed E-state index contributed by atoms with van der Waals surface area (Å²) in [5.41, 5.74) is 2.42. The van der Waals surface area contributed by atoms with Gasteiger partial charge in [-0.2, -0.15) is 0 Å². The van der Waals surface area contributed by atoms with Gasteiger partial charge in [0.2, 0.25) is 0 Å². The fraction of sp³-hybridized carbons (Fsp3) is 0.500. The van der Waals surface area contributed by atoms with Crippen LogP contribution in [-0.2, 0) is 17.8 Å². The maximum absolute atomic E-state index is 5.60. The number of nitrogens with one attached hydrogen (secondary N) is 2. The van der Waals surface area contributed by atoms with Gasteiger partial charge in [-0.15, -0.1) is 35.3 Å². The molecule has 6 nitrogen and oxygen atoms in total. The molecule has 2 N–H and O–H groups in total. The van der Waals surface area contributed by atoms with E-state index >= 15 is 0 Å². The first kappa shape index (κ1) is 22.9. The van der Waals surface area contributed by atoms with Crippen molar-refractivity contribution in [2.45, 2.75) is 40.0 Å². The van der Waals surface area contributed by atoms with E-state index < -0.39 is 0 Å². The van der Waals surface area contributed by atoms with E-state index in [0.29, 0.717) is 6.54 Å². The van der Waals surface area contributed by atoms with Crippen molar-refractivity contribution in [2.75, 3.05) is 31.1 Å². The molecule has 1 atom stereocenters. The molecule has 1 unspecified atom stereocenters. The third-order valence-corrected chi connectivity index (χ3v) is 5.55. The Morgan fingerprint density at radius 1 is 1.36 bits per heavy atom. The number of nitrogens with zero attached hydrogens (tertiary/aromatic N) is 3. The van der Waals surface area contributed by atoms with E-state index in [0.717, 1.165) is 50.1 Å². The molecule has 3 rings (SSSR count). The summed E-state index contributed by atoms with van der Waals surface area (Å²) in [7, 11) is 0. The molecule has 0 amide bonds. The number of rotatable bonds is 6. The Hall–Kier alpha value is -1.39. The molecule has 3 heterocycles. The number of pyridine rings is 1. The largest absolute Gasteiger partial charge is 0.375 e. The second-order valence-electron chi connectivity index (χ2n) is 6.73. The number of thiophene rings is 1. The molecule has 154 valence electrons. The lowest BCUT2D eigenvalue weighted by Crippen LogP contribution is -2.41. The Morgan fingerprint density at radius 3 is 2.86 bits per heavy atom. The zero-order valence-electron chi connectivity index (χ0n) is 16.8. The number of aryl methyl sites for hydroxylation is 1. The summed E-state index contributed by atoms with van der Waals surface area (Å²) in [6, 6.07) is 6.34. The van der Waals surface area contributed by atoms with Gasteiger partial charge in [0.25, 0.3) is 0 Å². The lowest BCUT2D eigenvalue weighted by molar-refractivity contribution is 0.0529. The average Bonchev–Trinajstić information content (AvgIpc) is 3.09. The first-order chi connectivity index (χ1) is 13.2. The van der Waals surface area contributed by atoms with Crippen molar-refractivity contribution in [2.24, 2.45) is 4.99 Å². The van der Waals surface area contributed by atoms with Gasteiger partial charge < -0.3 is 20.3 Å². The molecular weight excluding hydrogens is 485 g/mol. The van der Waals surface area contributed by atoms with Crippen LogP contribution in [0.15, 0.2) is 34.8 Å². The standard InChI is InChI=1S/C20H29N5OS.HI/c1-4-21-20(24-13-18-15(2)7-10-27-18)23-12-17-5-6-19(22-11-17)25-8-9-26-16(3)14-25;/h5-7,10-11,16H,4,8-9,12-14H2,1-3H3,(H2,21,23,24);1H. The van der Waals surface area contributed by atoms with E-state index in [1.165, 1.54) is 10.4 Å². The van der Waals surface area contributed by atoms with E-state index in [1.54, 1.807) is 11.3 Å². The molecule has 1 aliphatic rings. The number of aliphatic imine (C=N–C) groups is 1. The molecule has 1 fully saturated rings. The summed E-state index contributed by atoms with van der Waals surface area (Å²) in [6.07, 6.45) is 2.18. The smallest absolute Gasteiger partial charge is 0.191 e. The maximum atomic E-state index is 5.60. The summed E-state index contributed by atoms with van der Waals surface area (Å²) in [4.78, 5) is 12.9. The monoisotopic (exact) mass is 515 g/mol. The Bertz CT molecular complexity index is 749. The van der Waals surface area contributed by atoms with Crippen LogP contribution in [0.25, 0.3) is 0 Å². The highest BCUT2D eigenvalue weighted by molar-refractivity contribution is 14.0. The van der Waals surface area contributed by atoms with Gasteiger partial charge in [0, 0.05) is 30.7 Å². The van der Waals surface area contributed by atoms with Gasteiger partial charge in [0.15, 0.2) is 5.96 Å². The molecule has 1 saturated heterocycles. The molecule has 2 aromatic heterocycles. The molecule has 1 aliphatic heterocycles. The number of anilines is 1. The Kier molecular flexibility index (Phi) is 9.46. The van der Waals surface area contributed by atoms with Gasteiger partial charge in [-0.1, -0.05) is 6.07 Å². The van der Waals surface area contributed by atoms with Crippen LogP contribution in [0.4, 0.5) is 5.82 Å². The number of halogens is 1. The lowest BCUT2D eigenvalue weighted by atomic mass is 10.2. The number of hydrogen-bond donors (Lipinski definition) is 2. The van der Waals surface area contributed by atoms with Crippen molar-refractivity contribution in [3.05, 3.63) is 45.8 Å². The zero-order chi connectivity index (χ0) is 19.1. The Balaban J connectivity index is 0.00000280. The summed E-state index contributed by atoms with van der Waals surface area (Å²) < 4.78 is 5.60. The van der Waals surface area contributed by atoms with Crippen LogP contribution in [0.2, 0.25) is 0 Å². The van der Waals surface area contributed by atoms with Gasteiger partial charge in [-0.3, -0.25) is 0 Å². The fourth-order valence-corrected chi connectivity index (χ4v) is 3.83. The van der Waals surface area contributed by atoms with Crippen LogP contribution in [-0.4, -0.2) is 43.3 Å². The van der Waals surface area contributed by atoms with Gasteiger partial charge >= 0.3 is 0 Å². The third kappa shape index (κ3) is 6.59. The highest BCUT2D eigenvalue weighted by Crippen LogP contribution is 2.16. The molecule has 0 spiro atoms. The predicted molar refractivity (Wildman–Crippen MR) is 128 cm³/mol. The predicted octanol–water partition coefficient (Wildman–Crippen LogP) is 3.55. The topological polar surface area (TPSA) is 61.8 Å². The SMILES string of the molecule is CCNC(=NCc1ccc(N2CCOC(C)C2)nc1)NCc1sccc1C.I. The van der Waals surface area contributed by atoms with Crippen LogP contribution in [0.1, 0.15) is 29.9 Å². The first-order valence-corrected chi connectivity index (χ1v) is 10.4. The van der Waals surface area contributed by atoms with Crippen LogP contribution < -0.4 is 15.5 Å². The van der Waals surface area contributed by atoms with E-state index in [1.807, 2.05) is 6.20 Å². The quantitative estimate of drug-likeness (QED) is 0.350. The van der Waals surface area contributed by atoms with Crippen molar-refractivity contribution < 1.29 is 4.74 Å². The van der Waals surface area contributed by atoms with Crippen molar-refractivity contribution in [3.8, 4) is 0 Å². The highest BCUT2D eigenvalue weighted by atomic mass is 127. The van der Waals surface area contributed by atoms with Crippen LogP contribution in [0.5, 0.6) is 0 Å². The van der Waals surface area contributed by atoms with E-state index in [-0.39, 0.29) is 30.1 Å². The number of hydrogen-bond acceptors (Lipinski definition) is 5.